The highest BCUT2D eigenvalue weighted by molar-refractivity contribution is 9.10. The van der Waals surface area contributed by atoms with E-state index < -0.39 is 29.5 Å². The summed E-state index contributed by atoms with van der Waals surface area (Å²) in [4.78, 5) is 73.0. The number of benzene rings is 2. The number of carbonyl (C=O) groups is 5. The third kappa shape index (κ3) is 11.5. The van der Waals surface area contributed by atoms with Crippen LogP contribution >= 0.6 is 39.1 Å². The number of carbonyl (C=O) groups excluding carboxylic acids is 3. The van der Waals surface area contributed by atoms with Gasteiger partial charge >= 0.3 is 18.1 Å². The van der Waals surface area contributed by atoms with Crippen LogP contribution in [-0.4, -0.2) is 149 Å². The molecule has 3 N–H and O–H groups in total. The first kappa shape index (κ1) is 41.3. The van der Waals surface area contributed by atoms with Gasteiger partial charge in [-0.15, -0.1) is 0 Å². The minimum Gasteiger partial charge on any atom is -0.480 e. The predicted molar refractivity (Wildman–Crippen MR) is 201 cm³/mol. The van der Waals surface area contributed by atoms with Gasteiger partial charge in [-0.3, -0.25) is 29.1 Å². The molecule has 0 unspecified atom stereocenters. The SMILES string of the molecule is [CH]N1CCN(CC(=O)O)CCN(C(=O)O)CCN(CC(=O)NCCCCN2C(=O)N(c3cc(Cl)cc(Cl)c3)C(=O)[C@]2(C)Cc2ccc(Br)cc2)CC1. The second-order valence-corrected chi connectivity index (χ2v) is 14.9. The van der Waals surface area contributed by atoms with Crippen LogP contribution in [0.3, 0.4) is 0 Å². The Bertz CT molecular complexity index is 1580. The van der Waals surface area contributed by atoms with Crippen molar-refractivity contribution in [2.45, 2.75) is 31.7 Å². The van der Waals surface area contributed by atoms with Gasteiger partial charge in [0.1, 0.15) is 5.54 Å². The number of nitrogens with zero attached hydrogens (tertiary/aromatic N) is 6. The Hall–Kier alpha value is -3.47. The molecule has 0 bridgehead atoms. The van der Waals surface area contributed by atoms with Crippen molar-refractivity contribution < 1.29 is 34.2 Å². The summed E-state index contributed by atoms with van der Waals surface area (Å²) in [5.74, 6) is -1.65. The average molecular weight is 826 g/mol. The normalized spacial score (nSPS) is 20.1. The van der Waals surface area contributed by atoms with Gasteiger partial charge < -0.3 is 25.3 Å². The summed E-state index contributed by atoms with van der Waals surface area (Å²) in [6.07, 6.45) is 0.180. The van der Waals surface area contributed by atoms with Gasteiger partial charge in [-0.1, -0.05) is 51.3 Å². The number of urea groups is 1. The van der Waals surface area contributed by atoms with Crippen LogP contribution in [0.4, 0.5) is 15.3 Å². The number of hydrogen-bond acceptors (Lipinski definition) is 8. The Morgan fingerprint density at radius 1 is 0.865 bits per heavy atom. The Morgan fingerprint density at radius 2 is 1.44 bits per heavy atom. The van der Waals surface area contributed by atoms with Crippen molar-refractivity contribution in [2.75, 3.05) is 83.4 Å². The first-order chi connectivity index (χ1) is 24.7. The van der Waals surface area contributed by atoms with Crippen LogP contribution in [-0.2, 0) is 20.8 Å². The third-order valence-corrected chi connectivity index (χ3v) is 10.1. The smallest absolute Gasteiger partial charge is 0.407 e. The first-order valence-electron chi connectivity index (χ1n) is 16.9. The van der Waals surface area contributed by atoms with E-state index in [-0.39, 0.29) is 63.8 Å². The quantitative estimate of drug-likeness (QED) is 0.211. The van der Waals surface area contributed by atoms with Crippen molar-refractivity contribution in [1.29, 1.82) is 0 Å². The molecule has 17 heteroatoms. The largest absolute Gasteiger partial charge is 0.480 e. The van der Waals surface area contributed by atoms with E-state index in [0.717, 1.165) is 14.9 Å². The van der Waals surface area contributed by atoms with Gasteiger partial charge in [0.2, 0.25) is 5.91 Å². The maximum atomic E-state index is 14.0. The Labute approximate surface area is 322 Å². The number of hydrogen-bond donors (Lipinski definition) is 3. The van der Waals surface area contributed by atoms with Gasteiger partial charge in [0, 0.05) is 93.4 Å². The summed E-state index contributed by atoms with van der Waals surface area (Å²) in [6.45, 7) is 4.41. The minimum atomic E-state index is -1.20. The van der Waals surface area contributed by atoms with Crippen LogP contribution < -0.4 is 10.2 Å². The molecule has 282 valence electrons. The molecule has 0 spiro atoms. The molecule has 52 heavy (non-hydrogen) atoms. The van der Waals surface area contributed by atoms with Crippen molar-refractivity contribution in [3.63, 3.8) is 0 Å². The van der Waals surface area contributed by atoms with Gasteiger partial charge in [0.15, 0.2) is 0 Å². The molecule has 0 aliphatic carbocycles. The number of anilines is 1. The summed E-state index contributed by atoms with van der Waals surface area (Å²) in [5.41, 5.74) is -0.0317. The fourth-order valence-corrected chi connectivity index (χ4v) is 7.05. The van der Waals surface area contributed by atoms with Gasteiger partial charge in [-0.2, -0.15) is 0 Å². The molecule has 2 aliphatic heterocycles. The molecule has 1 atom stereocenters. The summed E-state index contributed by atoms with van der Waals surface area (Å²) in [6, 6.07) is 11.7. The maximum absolute atomic E-state index is 14.0. The molecule has 2 saturated heterocycles. The zero-order valence-electron chi connectivity index (χ0n) is 29.0. The summed E-state index contributed by atoms with van der Waals surface area (Å²) < 4.78 is 0.891. The maximum Gasteiger partial charge on any atom is 0.407 e. The van der Waals surface area contributed by atoms with Crippen LogP contribution in [0.25, 0.3) is 0 Å². The number of halogens is 3. The van der Waals surface area contributed by atoms with Crippen molar-refractivity contribution in [2.24, 2.45) is 0 Å². The monoisotopic (exact) mass is 823 g/mol. The van der Waals surface area contributed by atoms with Crippen LogP contribution in [0.15, 0.2) is 46.9 Å². The van der Waals surface area contributed by atoms with Crippen LogP contribution in [0, 0.1) is 7.05 Å². The Kier molecular flexibility index (Phi) is 15.1. The number of rotatable bonds is 12. The molecule has 14 nitrogen and oxygen atoms in total. The molecule has 2 aliphatic rings. The number of imide groups is 1. The highest BCUT2D eigenvalue weighted by atomic mass is 79.9. The van der Waals surface area contributed by atoms with Crippen LogP contribution in [0.1, 0.15) is 25.3 Å². The van der Waals surface area contributed by atoms with Gasteiger partial charge in [0.05, 0.1) is 18.8 Å². The van der Waals surface area contributed by atoms with Crippen molar-refractivity contribution in [1.82, 2.24) is 29.8 Å². The Balaban J connectivity index is 1.35. The zero-order chi connectivity index (χ0) is 38.0. The van der Waals surface area contributed by atoms with E-state index in [2.05, 4.69) is 21.2 Å². The number of carboxylic acid groups (broad SMARTS) is 2. The lowest BCUT2D eigenvalue weighted by molar-refractivity contribution is -0.138. The van der Waals surface area contributed by atoms with Crippen LogP contribution in [0.5, 0.6) is 0 Å². The lowest BCUT2D eigenvalue weighted by Gasteiger charge is -2.32. The predicted octanol–water partition coefficient (Wildman–Crippen LogP) is 4.08. The molecule has 2 radical (unpaired) electrons. The van der Waals surface area contributed by atoms with E-state index in [0.29, 0.717) is 55.6 Å². The molecule has 4 rings (SSSR count). The fourth-order valence-electron chi connectivity index (χ4n) is 6.28. The number of amides is 5. The Morgan fingerprint density at radius 3 is 2.02 bits per heavy atom. The van der Waals surface area contributed by atoms with E-state index in [1.165, 1.54) is 23.1 Å². The number of unbranched alkanes of at least 4 members (excludes halogenated alkanes) is 1. The van der Waals surface area contributed by atoms with Gasteiger partial charge in [0.25, 0.3) is 5.91 Å². The third-order valence-electron chi connectivity index (χ3n) is 9.16. The van der Waals surface area contributed by atoms with E-state index in [1.807, 2.05) is 29.2 Å². The molecule has 5 amide bonds. The lowest BCUT2D eigenvalue weighted by atomic mass is 9.91. The van der Waals surface area contributed by atoms with Crippen molar-refractivity contribution >= 4 is 74.7 Å². The highest BCUT2D eigenvalue weighted by Crippen LogP contribution is 2.37. The molecule has 2 aromatic rings. The van der Waals surface area contributed by atoms with Gasteiger partial charge in [-0.25, -0.2) is 14.5 Å². The molecular formula is C35H44BrCl2N7O7. The van der Waals surface area contributed by atoms with E-state index in [1.54, 1.807) is 21.6 Å². The molecule has 0 saturated carbocycles. The standard InChI is InChI=1S/C35H44BrCl2N7O7/c1-35(22-25-5-7-26(36)8-6-25)32(49)45(29-20-27(37)19-28(38)21-29)33(50)44(35)10-4-3-9-39-30(46)23-41-13-11-40(2)12-14-42(24-31(47)48)16-18-43(17-15-41)34(51)52/h2,5-8,19-21H,3-4,9-18,22-24H2,1H3,(H,39,46)(H,47,48)(H,51,52)/t35-/m0/s1. The topological polar surface area (TPSA) is 157 Å². The van der Waals surface area contributed by atoms with E-state index >= 15 is 0 Å². The summed E-state index contributed by atoms with van der Waals surface area (Å²) in [5, 5.41) is 22.4. The summed E-state index contributed by atoms with van der Waals surface area (Å²) >= 11 is 15.9. The molecular weight excluding hydrogens is 781 g/mol. The van der Waals surface area contributed by atoms with Crippen LogP contribution in [0.2, 0.25) is 10.0 Å². The molecule has 2 aromatic carbocycles. The van der Waals surface area contributed by atoms with E-state index in [4.69, 9.17) is 30.2 Å². The lowest BCUT2D eigenvalue weighted by Crippen LogP contribution is -2.49. The van der Waals surface area contributed by atoms with Gasteiger partial charge in [-0.05, 0) is 55.7 Å². The number of nitrogens with one attached hydrogen (secondary N) is 1. The van der Waals surface area contributed by atoms with E-state index in [9.17, 15) is 34.2 Å². The second kappa shape index (κ2) is 19.0. The number of aliphatic carboxylic acids is 1. The molecule has 2 heterocycles. The summed E-state index contributed by atoms with van der Waals surface area (Å²) in [7, 11) is 6.14. The first-order valence-corrected chi connectivity index (χ1v) is 18.5. The highest BCUT2D eigenvalue weighted by Gasteiger charge is 2.54. The second-order valence-electron chi connectivity index (χ2n) is 13.1. The molecule has 2 fully saturated rings. The van der Waals surface area contributed by atoms with Crippen molar-refractivity contribution in [3.05, 3.63) is 69.6 Å². The van der Waals surface area contributed by atoms with Crippen molar-refractivity contribution in [3.8, 4) is 0 Å². The fraction of sp³-hybridized carbons (Fsp3) is 0.486. The zero-order valence-corrected chi connectivity index (χ0v) is 32.1. The minimum absolute atomic E-state index is 0.0218. The average Bonchev–Trinajstić information content (AvgIpc) is 3.24. The molecule has 0 aromatic heterocycles. The number of carboxylic acids is 1.